The predicted octanol–water partition coefficient (Wildman–Crippen LogP) is 1.18. The van der Waals surface area contributed by atoms with Crippen LogP contribution in [0, 0.1) is 0 Å². The fourth-order valence-corrected chi connectivity index (χ4v) is 2.32. The summed E-state index contributed by atoms with van der Waals surface area (Å²) in [6, 6.07) is 0. The quantitative estimate of drug-likeness (QED) is 0.802. The van der Waals surface area contributed by atoms with E-state index in [-0.39, 0.29) is 0 Å². The van der Waals surface area contributed by atoms with Crippen LogP contribution in [0.5, 0.6) is 0 Å². The van der Waals surface area contributed by atoms with Gasteiger partial charge in [0.2, 0.25) is 6.41 Å². The molecule has 1 atom stereocenters. The summed E-state index contributed by atoms with van der Waals surface area (Å²) in [5, 5.41) is 9.86. The van der Waals surface area contributed by atoms with Gasteiger partial charge in [0, 0.05) is 24.9 Å². The lowest BCUT2D eigenvalue weighted by Crippen LogP contribution is -2.30. The van der Waals surface area contributed by atoms with Crippen LogP contribution in [0.2, 0.25) is 0 Å². The minimum Gasteiger partial charge on any atom is -0.351 e. The maximum absolute atomic E-state index is 9.86. The molecule has 5 nitrogen and oxygen atoms in total. The Labute approximate surface area is 102 Å². The fourth-order valence-electron chi connectivity index (χ4n) is 2.32. The molecule has 5 heteroatoms. The molecule has 1 N–H and O–H groups in total. The van der Waals surface area contributed by atoms with E-state index in [1.165, 1.54) is 0 Å². The average Bonchev–Trinajstić information content (AvgIpc) is 2.79. The van der Waals surface area contributed by atoms with Crippen molar-refractivity contribution in [1.82, 2.24) is 14.5 Å². The highest BCUT2D eigenvalue weighted by Crippen LogP contribution is 2.27. The third-order valence-corrected chi connectivity index (χ3v) is 3.34. The summed E-state index contributed by atoms with van der Waals surface area (Å²) in [6.07, 6.45) is 4.79. The molecule has 2 rings (SSSR count). The van der Waals surface area contributed by atoms with Gasteiger partial charge in [0.15, 0.2) is 0 Å². The monoisotopic (exact) mass is 239 g/mol. The van der Waals surface area contributed by atoms with E-state index in [0.717, 1.165) is 31.8 Å². The number of hydrogen-bond acceptors (Lipinski definition) is 4. The van der Waals surface area contributed by atoms with Gasteiger partial charge in [0.1, 0.15) is 5.82 Å². The zero-order valence-electron chi connectivity index (χ0n) is 10.5. The molecule has 0 bridgehead atoms. The molecule has 96 valence electrons. The Hall–Kier alpha value is -0.910. The maximum Gasteiger partial charge on any atom is 0.242 e. The molecule has 2 heterocycles. The van der Waals surface area contributed by atoms with Crippen molar-refractivity contribution in [3.63, 3.8) is 0 Å². The zero-order valence-corrected chi connectivity index (χ0v) is 10.5. The van der Waals surface area contributed by atoms with Crippen LogP contribution in [0.25, 0.3) is 0 Å². The van der Waals surface area contributed by atoms with Gasteiger partial charge in [-0.2, -0.15) is 0 Å². The van der Waals surface area contributed by atoms with Crippen molar-refractivity contribution in [3.8, 4) is 0 Å². The minimum atomic E-state index is -0.905. The number of likely N-dealkylation sites (tertiary alicyclic amines) is 1. The summed E-state index contributed by atoms with van der Waals surface area (Å²) >= 11 is 0. The first-order chi connectivity index (χ1) is 8.22. The molecule has 1 unspecified atom stereocenters. The van der Waals surface area contributed by atoms with Gasteiger partial charge in [-0.3, -0.25) is 4.57 Å². The van der Waals surface area contributed by atoms with E-state index in [2.05, 4.69) is 16.9 Å². The molecule has 1 aromatic heterocycles. The zero-order chi connectivity index (χ0) is 12.3. The number of imidazole rings is 1. The Bertz CT molecular complexity index is 345. The molecule has 1 fully saturated rings. The van der Waals surface area contributed by atoms with Crippen LogP contribution in [0.4, 0.5) is 0 Å². The van der Waals surface area contributed by atoms with Crippen LogP contribution in [-0.4, -0.2) is 46.3 Å². The maximum atomic E-state index is 9.86. The van der Waals surface area contributed by atoms with E-state index in [4.69, 9.17) is 4.74 Å². The minimum absolute atomic E-state index is 0.427. The number of piperidine rings is 1. The highest BCUT2D eigenvalue weighted by Gasteiger charge is 2.24. The van der Waals surface area contributed by atoms with E-state index in [0.29, 0.717) is 12.5 Å². The number of aliphatic hydroxyl groups excluding tert-OH is 1. The van der Waals surface area contributed by atoms with Gasteiger partial charge in [-0.25, -0.2) is 4.98 Å². The van der Waals surface area contributed by atoms with Gasteiger partial charge in [-0.15, -0.1) is 0 Å². The van der Waals surface area contributed by atoms with Gasteiger partial charge in [0.05, 0.1) is 0 Å². The van der Waals surface area contributed by atoms with Crippen LogP contribution in [0.15, 0.2) is 12.4 Å². The van der Waals surface area contributed by atoms with Gasteiger partial charge < -0.3 is 14.7 Å². The predicted molar refractivity (Wildman–Crippen MR) is 64.6 cm³/mol. The number of nitrogens with zero attached hydrogens (tertiary/aromatic N) is 3. The van der Waals surface area contributed by atoms with Crippen LogP contribution in [-0.2, 0) is 4.74 Å². The number of ether oxygens (including phenoxy) is 1. The number of hydrogen-bond donors (Lipinski definition) is 1. The topological polar surface area (TPSA) is 50.5 Å². The second-order valence-corrected chi connectivity index (χ2v) is 4.55. The molecule has 0 amide bonds. The van der Waals surface area contributed by atoms with E-state index in [1.807, 2.05) is 6.92 Å². The number of aliphatic hydroxyl groups is 1. The summed E-state index contributed by atoms with van der Waals surface area (Å²) in [4.78, 5) is 6.69. The first-order valence-electron chi connectivity index (χ1n) is 6.23. The summed E-state index contributed by atoms with van der Waals surface area (Å²) in [6.45, 7) is 4.53. The van der Waals surface area contributed by atoms with Crippen molar-refractivity contribution in [2.75, 3.05) is 26.7 Å². The molecule has 0 radical (unpaired) electrons. The Morgan fingerprint density at radius 3 is 2.88 bits per heavy atom. The molecule has 0 spiro atoms. The molecular formula is C12H21N3O2. The normalized spacial score (nSPS) is 20.6. The van der Waals surface area contributed by atoms with E-state index < -0.39 is 6.41 Å². The first-order valence-corrected chi connectivity index (χ1v) is 6.23. The second kappa shape index (κ2) is 5.62. The van der Waals surface area contributed by atoms with Crippen LogP contribution in [0.1, 0.15) is 37.9 Å². The van der Waals surface area contributed by atoms with Crippen molar-refractivity contribution in [2.45, 2.75) is 32.1 Å². The molecule has 1 aromatic rings. The lowest BCUT2D eigenvalue weighted by molar-refractivity contribution is -0.151. The van der Waals surface area contributed by atoms with E-state index >= 15 is 0 Å². The van der Waals surface area contributed by atoms with Gasteiger partial charge in [-0.1, -0.05) is 0 Å². The Morgan fingerprint density at radius 2 is 2.24 bits per heavy atom. The molecular weight excluding hydrogens is 218 g/mol. The Balaban J connectivity index is 2.08. The number of rotatable bonds is 4. The molecule has 0 aromatic carbocycles. The van der Waals surface area contributed by atoms with Crippen molar-refractivity contribution in [1.29, 1.82) is 0 Å². The SMILES string of the molecule is CCOC(O)n1ccnc1C1CCN(C)CC1. The summed E-state index contributed by atoms with van der Waals surface area (Å²) in [5.74, 6) is 1.37. The third-order valence-electron chi connectivity index (χ3n) is 3.34. The highest BCUT2D eigenvalue weighted by atomic mass is 16.6. The standard InChI is InChI=1S/C12H21N3O2/c1-3-17-12(16)15-9-6-13-11(15)10-4-7-14(2)8-5-10/h6,9-10,12,16H,3-5,7-8H2,1-2H3. The largest absolute Gasteiger partial charge is 0.351 e. The molecule has 1 aliphatic heterocycles. The second-order valence-electron chi connectivity index (χ2n) is 4.55. The Morgan fingerprint density at radius 1 is 1.53 bits per heavy atom. The van der Waals surface area contributed by atoms with Crippen LogP contribution >= 0.6 is 0 Å². The summed E-state index contributed by atoms with van der Waals surface area (Å²) in [5.41, 5.74) is 0. The van der Waals surface area contributed by atoms with Crippen molar-refractivity contribution in [3.05, 3.63) is 18.2 Å². The van der Waals surface area contributed by atoms with Gasteiger partial charge in [0.25, 0.3) is 0 Å². The van der Waals surface area contributed by atoms with Crippen molar-refractivity contribution >= 4 is 0 Å². The molecule has 0 saturated carbocycles. The molecule has 1 saturated heterocycles. The smallest absolute Gasteiger partial charge is 0.242 e. The van der Waals surface area contributed by atoms with E-state index in [1.54, 1.807) is 17.0 Å². The lowest BCUT2D eigenvalue weighted by atomic mass is 9.96. The number of aromatic nitrogens is 2. The molecule has 1 aliphatic rings. The van der Waals surface area contributed by atoms with Gasteiger partial charge in [-0.05, 0) is 39.9 Å². The van der Waals surface area contributed by atoms with Crippen LogP contribution in [0.3, 0.4) is 0 Å². The first kappa shape index (κ1) is 12.5. The highest BCUT2D eigenvalue weighted by molar-refractivity contribution is 5.02. The fraction of sp³-hybridized carbons (Fsp3) is 0.750. The molecule has 17 heavy (non-hydrogen) atoms. The van der Waals surface area contributed by atoms with Crippen LogP contribution < -0.4 is 0 Å². The summed E-state index contributed by atoms with van der Waals surface area (Å²) < 4.78 is 6.94. The van der Waals surface area contributed by atoms with Gasteiger partial charge >= 0.3 is 0 Å². The molecule has 0 aliphatic carbocycles. The lowest BCUT2D eigenvalue weighted by Gasteiger charge is -2.29. The van der Waals surface area contributed by atoms with Crippen molar-refractivity contribution in [2.24, 2.45) is 0 Å². The Kier molecular flexibility index (Phi) is 4.15. The summed E-state index contributed by atoms with van der Waals surface area (Å²) in [7, 11) is 2.14. The average molecular weight is 239 g/mol. The van der Waals surface area contributed by atoms with E-state index in [9.17, 15) is 5.11 Å². The van der Waals surface area contributed by atoms with Crippen molar-refractivity contribution < 1.29 is 9.84 Å². The third kappa shape index (κ3) is 2.86.